The van der Waals surface area contributed by atoms with Gasteiger partial charge in [0.2, 0.25) is 0 Å². The lowest BCUT2D eigenvalue weighted by Crippen LogP contribution is -2.11. The lowest BCUT2D eigenvalue weighted by atomic mass is 10.1. The van der Waals surface area contributed by atoms with Gasteiger partial charge in [-0.25, -0.2) is 4.98 Å². The van der Waals surface area contributed by atoms with Crippen LogP contribution in [-0.2, 0) is 19.3 Å². The van der Waals surface area contributed by atoms with Gasteiger partial charge in [0.25, 0.3) is 0 Å². The number of rotatable bonds is 5. The second kappa shape index (κ2) is 6.44. The predicted molar refractivity (Wildman–Crippen MR) is 75.4 cm³/mol. The van der Waals surface area contributed by atoms with Gasteiger partial charge in [0, 0.05) is 12.7 Å². The van der Waals surface area contributed by atoms with Crippen LogP contribution in [0.3, 0.4) is 0 Å². The highest BCUT2D eigenvalue weighted by molar-refractivity contribution is 7.11. The van der Waals surface area contributed by atoms with Crippen LogP contribution in [0.4, 0.5) is 13.2 Å². The van der Waals surface area contributed by atoms with E-state index in [1.54, 1.807) is 19.3 Å². The summed E-state index contributed by atoms with van der Waals surface area (Å²) in [6, 6.07) is 4.10. The zero-order valence-electron chi connectivity index (χ0n) is 11.6. The summed E-state index contributed by atoms with van der Waals surface area (Å²) in [4.78, 5) is 4.84. The Bertz CT molecular complexity index is 611. The van der Waals surface area contributed by atoms with Crippen molar-refractivity contribution in [1.29, 1.82) is 0 Å². The first kappa shape index (κ1) is 15.8. The molecule has 0 radical (unpaired) electrons. The number of nitrogens with one attached hydrogen (secondary N) is 1. The first-order valence-corrected chi connectivity index (χ1v) is 7.10. The van der Waals surface area contributed by atoms with Gasteiger partial charge in [0.05, 0.1) is 15.4 Å². The standard InChI is InChI=1S/C14H15F3N2OS/c1-9-19-7-11(21-9)8-20-13-4-3-10(6-18-2)5-12(13)14(15,16)17/h3-5,7,18H,6,8H2,1-2H3. The second-order valence-corrected chi connectivity index (χ2v) is 5.81. The number of halogens is 3. The molecule has 2 aromatic rings. The van der Waals surface area contributed by atoms with Crippen molar-refractivity contribution < 1.29 is 17.9 Å². The molecule has 1 aromatic carbocycles. The molecule has 0 aliphatic heterocycles. The van der Waals surface area contributed by atoms with Crippen LogP contribution in [0.5, 0.6) is 5.75 Å². The third-order valence-electron chi connectivity index (χ3n) is 2.77. The van der Waals surface area contributed by atoms with E-state index in [1.807, 2.05) is 6.92 Å². The minimum Gasteiger partial charge on any atom is -0.487 e. The van der Waals surface area contributed by atoms with Gasteiger partial charge in [-0.15, -0.1) is 11.3 Å². The predicted octanol–water partition coefficient (Wildman–Crippen LogP) is 3.77. The fourth-order valence-electron chi connectivity index (χ4n) is 1.86. The summed E-state index contributed by atoms with van der Waals surface area (Å²) >= 11 is 1.40. The highest BCUT2D eigenvalue weighted by Crippen LogP contribution is 2.37. The van der Waals surface area contributed by atoms with E-state index in [-0.39, 0.29) is 12.4 Å². The molecule has 3 nitrogen and oxygen atoms in total. The fraction of sp³-hybridized carbons (Fsp3) is 0.357. The molecule has 0 saturated heterocycles. The van der Waals surface area contributed by atoms with Crippen molar-refractivity contribution in [2.45, 2.75) is 26.3 Å². The molecule has 0 aliphatic rings. The molecule has 2 rings (SSSR count). The van der Waals surface area contributed by atoms with E-state index >= 15 is 0 Å². The Morgan fingerprint density at radius 3 is 2.67 bits per heavy atom. The summed E-state index contributed by atoms with van der Waals surface area (Å²) in [6.45, 7) is 2.29. The molecule has 0 aliphatic carbocycles. The number of hydrogen-bond acceptors (Lipinski definition) is 4. The minimum absolute atomic E-state index is 0.0833. The molecule has 1 aromatic heterocycles. The van der Waals surface area contributed by atoms with Gasteiger partial charge in [-0.2, -0.15) is 13.2 Å². The Morgan fingerprint density at radius 1 is 1.33 bits per heavy atom. The molecule has 0 amide bonds. The number of alkyl halides is 3. The van der Waals surface area contributed by atoms with Crippen LogP contribution >= 0.6 is 11.3 Å². The average Bonchev–Trinajstić information content (AvgIpc) is 2.82. The zero-order chi connectivity index (χ0) is 15.5. The van der Waals surface area contributed by atoms with Crippen LogP contribution in [0.1, 0.15) is 21.0 Å². The molecule has 0 spiro atoms. The van der Waals surface area contributed by atoms with Crippen molar-refractivity contribution >= 4 is 11.3 Å². The maximum atomic E-state index is 13.1. The number of aryl methyl sites for hydroxylation is 1. The molecule has 0 unspecified atom stereocenters. The summed E-state index contributed by atoms with van der Waals surface area (Å²) in [5.41, 5.74) is -0.192. The quantitative estimate of drug-likeness (QED) is 0.912. The van der Waals surface area contributed by atoms with Gasteiger partial charge < -0.3 is 10.1 Å². The van der Waals surface area contributed by atoms with E-state index < -0.39 is 11.7 Å². The molecular formula is C14H15F3N2OS. The van der Waals surface area contributed by atoms with E-state index in [1.165, 1.54) is 17.4 Å². The second-order valence-electron chi connectivity index (χ2n) is 4.49. The van der Waals surface area contributed by atoms with Crippen LogP contribution in [0.25, 0.3) is 0 Å². The third-order valence-corrected chi connectivity index (χ3v) is 3.66. The van der Waals surface area contributed by atoms with E-state index in [0.717, 1.165) is 16.0 Å². The summed E-state index contributed by atoms with van der Waals surface area (Å²) < 4.78 is 44.6. The molecule has 0 saturated carbocycles. The van der Waals surface area contributed by atoms with Gasteiger partial charge in [0.1, 0.15) is 12.4 Å². The van der Waals surface area contributed by atoms with Crippen molar-refractivity contribution in [2.24, 2.45) is 0 Å². The highest BCUT2D eigenvalue weighted by Gasteiger charge is 2.34. The maximum absolute atomic E-state index is 13.1. The van der Waals surface area contributed by atoms with Crippen LogP contribution in [0.15, 0.2) is 24.4 Å². The first-order chi connectivity index (χ1) is 9.90. The maximum Gasteiger partial charge on any atom is 0.419 e. The normalized spacial score (nSPS) is 11.7. The van der Waals surface area contributed by atoms with Crippen molar-refractivity contribution in [3.05, 3.63) is 45.4 Å². The van der Waals surface area contributed by atoms with Gasteiger partial charge in [-0.05, 0) is 31.7 Å². The molecule has 21 heavy (non-hydrogen) atoms. The Kier molecular flexibility index (Phi) is 4.84. The molecule has 114 valence electrons. The number of aromatic nitrogens is 1. The number of thiazole rings is 1. The summed E-state index contributed by atoms with van der Waals surface area (Å²) in [5, 5.41) is 3.68. The van der Waals surface area contributed by atoms with Gasteiger partial charge in [0.15, 0.2) is 0 Å². The van der Waals surface area contributed by atoms with Gasteiger partial charge in [-0.3, -0.25) is 0 Å². The molecule has 0 fully saturated rings. The van der Waals surface area contributed by atoms with Crippen LogP contribution < -0.4 is 10.1 Å². The van der Waals surface area contributed by atoms with E-state index in [2.05, 4.69) is 10.3 Å². The van der Waals surface area contributed by atoms with E-state index in [0.29, 0.717) is 12.1 Å². The molecular weight excluding hydrogens is 301 g/mol. The third kappa shape index (κ3) is 4.18. The Hall–Kier alpha value is -1.60. The fourth-order valence-corrected chi connectivity index (χ4v) is 2.57. The number of hydrogen-bond donors (Lipinski definition) is 1. The van der Waals surface area contributed by atoms with E-state index in [9.17, 15) is 13.2 Å². The van der Waals surface area contributed by atoms with Gasteiger partial charge >= 0.3 is 6.18 Å². The summed E-state index contributed by atoms with van der Waals surface area (Å²) in [6.07, 6.45) is -2.83. The largest absolute Gasteiger partial charge is 0.487 e. The lowest BCUT2D eigenvalue weighted by Gasteiger charge is -2.15. The molecule has 7 heteroatoms. The van der Waals surface area contributed by atoms with Gasteiger partial charge in [-0.1, -0.05) is 6.07 Å². The molecule has 0 atom stereocenters. The first-order valence-electron chi connectivity index (χ1n) is 6.29. The lowest BCUT2D eigenvalue weighted by molar-refractivity contribution is -0.139. The summed E-state index contributed by atoms with van der Waals surface area (Å²) in [7, 11) is 1.68. The molecule has 1 N–H and O–H groups in total. The SMILES string of the molecule is CNCc1ccc(OCc2cnc(C)s2)c(C(F)(F)F)c1. The van der Waals surface area contributed by atoms with Crippen LogP contribution in [-0.4, -0.2) is 12.0 Å². The average molecular weight is 316 g/mol. The Morgan fingerprint density at radius 2 is 2.10 bits per heavy atom. The van der Waals surface area contributed by atoms with E-state index in [4.69, 9.17) is 4.74 Å². The zero-order valence-corrected chi connectivity index (χ0v) is 12.4. The Balaban J connectivity index is 2.21. The highest BCUT2D eigenvalue weighted by atomic mass is 32.1. The monoisotopic (exact) mass is 316 g/mol. The topological polar surface area (TPSA) is 34.1 Å². The van der Waals surface area contributed by atoms with Crippen molar-refractivity contribution in [3.63, 3.8) is 0 Å². The number of benzene rings is 1. The Labute approximate surface area is 124 Å². The minimum atomic E-state index is -4.44. The molecule has 0 bridgehead atoms. The number of ether oxygens (including phenoxy) is 1. The van der Waals surface area contributed by atoms with Crippen molar-refractivity contribution in [2.75, 3.05) is 7.05 Å². The smallest absolute Gasteiger partial charge is 0.419 e. The van der Waals surface area contributed by atoms with Crippen LogP contribution in [0, 0.1) is 6.92 Å². The molecule has 1 heterocycles. The number of nitrogens with zero attached hydrogens (tertiary/aromatic N) is 1. The summed E-state index contributed by atoms with van der Waals surface area (Å²) in [5.74, 6) is -0.159. The van der Waals surface area contributed by atoms with Crippen molar-refractivity contribution in [1.82, 2.24) is 10.3 Å². The van der Waals surface area contributed by atoms with Crippen molar-refractivity contribution in [3.8, 4) is 5.75 Å². The van der Waals surface area contributed by atoms with Crippen LogP contribution in [0.2, 0.25) is 0 Å².